The molecular formula is C14H13BrN2. The Hall–Kier alpha value is -1.35. The van der Waals surface area contributed by atoms with Crippen LogP contribution in [0.5, 0.6) is 0 Å². The molecule has 0 saturated carbocycles. The van der Waals surface area contributed by atoms with Crippen LogP contribution in [0.15, 0.2) is 47.1 Å². The zero-order chi connectivity index (χ0) is 11.7. The summed E-state index contributed by atoms with van der Waals surface area (Å²) in [6.45, 7) is 0. The van der Waals surface area contributed by atoms with Gasteiger partial charge in [0.15, 0.2) is 0 Å². The predicted octanol–water partition coefficient (Wildman–Crippen LogP) is 3.94. The lowest BCUT2D eigenvalue weighted by atomic mass is 10.2. The van der Waals surface area contributed by atoms with Gasteiger partial charge in [-0.1, -0.05) is 18.2 Å². The maximum atomic E-state index is 4.49. The van der Waals surface area contributed by atoms with Crippen LogP contribution >= 0.6 is 15.9 Å². The Labute approximate surface area is 109 Å². The van der Waals surface area contributed by atoms with E-state index in [1.165, 1.54) is 11.3 Å². The van der Waals surface area contributed by atoms with E-state index in [2.05, 4.69) is 44.4 Å². The van der Waals surface area contributed by atoms with Gasteiger partial charge < -0.3 is 5.32 Å². The van der Waals surface area contributed by atoms with Crippen LogP contribution in [0.2, 0.25) is 0 Å². The number of halogens is 1. The largest absolute Gasteiger partial charge is 0.376 e. The van der Waals surface area contributed by atoms with Crippen molar-refractivity contribution in [2.24, 2.45) is 0 Å². The lowest BCUT2D eigenvalue weighted by Gasteiger charge is -2.15. The van der Waals surface area contributed by atoms with E-state index in [0.29, 0.717) is 6.04 Å². The molecule has 0 fully saturated rings. The maximum absolute atomic E-state index is 4.49. The minimum absolute atomic E-state index is 0.338. The number of rotatable bonds is 2. The van der Waals surface area contributed by atoms with Gasteiger partial charge in [-0.3, -0.25) is 4.98 Å². The fraction of sp³-hybridized carbons (Fsp3) is 0.214. The highest BCUT2D eigenvalue weighted by Crippen LogP contribution is 2.33. The molecule has 2 aromatic rings. The third kappa shape index (κ3) is 2.07. The van der Waals surface area contributed by atoms with Gasteiger partial charge in [-0.25, -0.2) is 0 Å². The summed E-state index contributed by atoms with van der Waals surface area (Å²) in [5, 5.41) is 3.56. The van der Waals surface area contributed by atoms with Gasteiger partial charge in [0, 0.05) is 16.4 Å². The van der Waals surface area contributed by atoms with Crippen molar-refractivity contribution in [3.05, 3.63) is 58.3 Å². The molecule has 0 aliphatic heterocycles. The number of fused-ring (bicyclic) bond motifs is 1. The summed E-state index contributed by atoms with van der Waals surface area (Å²) in [6, 6.07) is 12.7. The topological polar surface area (TPSA) is 24.9 Å². The fourth-order valence-electron chi connectivity index (χ4n) is 2.32. The molecule has 3 rings (SSSR count). The summed E-state index contributed by atoms with van der Waals surface area (Å²) < 4.78 is 1.10. The monoisotopic (exact) mass is 288 g/mol. The first-order chi connectivity index (χ1) is 8.34. The highest BCUT2D eigenvalue weighted by Gasteiger charge is 2.23. The Balaban J connectivity index is 1.87. The molecule has 1 atom stereocenters. The van der Waals surface area contributed by atoms with Crippen LogP contribution < -0.4 is 5.32 Å². The molecule has 1 aliphatic carbocycles. The quantitative estimate of drug-likeness (QED) is 0.905. The Morgan fingerprint density at radius 1 is 1.18 bits per heavy atom. The third-order valence-electron chi connectivity index (χ3n) is 3.16. The standard InChI is InChI=1S/C14H13BrN2/c15-11-5-1-2-6-12(11)17-13-8-7-10-4-3-9-16-14(10)13/h1-6,9,13,17H,7-8H2. The highest BCUT2D eigenvalue weighted by molar-refractivity contribution is 9.10. The predicted molar refractivity (Wildman–Crippen MR) is 73.1 cm³/mol. The number of hydrogen-bond acceptors (Lipinski definition) is 2. The molecule has 0 bridgehead atoms. The van der Waals surface area contributed by atoms with Crippen molar-refractivity contribution in [3.8, 4) is 0 Å². The Morgan fingerprint density at radius 3 is 2.94 bits per heavy atom. The van der Waals surface area contributed by atoms with Crippen LogP contribution in [0.3, 0.4) is 0 Å². The summed E-state index contributed by atoms with van der Waals surface area (Å²) in [5.41, 5.74) is 3.70. The van der Waals surface area contributed by atoms with Crippen molar-refractivity contribution in [2.45, 2.75) is 18.9 Å². The van der Waals surface area contributed by atoms with Gasteiger partial charge in [-0.05, 0) is 52.5 Å². The summed E-state index contributed by atoms with van der Waals surface area (Å²) in [6.07, 6.45) is 4.11. The van der Waals surface area contributed by atoms with E-state index in [-0.39, 0.29) is 0 Å². The molecule has 86 valence electrons. The van der Waals surface area contributed by atoms with Gasteiger partial charge in [-0.15, -0.1) is 0 Å². The van der Waals surface area contributed by atoms with Gasteiger partial charge in [0.05, 0.1) is 11.7 Å². The highest BCUT2D eigenvalue weighted by atomic mass is 79.9. The van der Waals surface area contributed by atoms with Crippen LogP contribution in [0.1, 0.15) is 23.7 Å². The summed E-state index contributed by atoms with van der Waals surface area (Å²) in [5.74, 6) is 0. The zero-order valence-electron chi connectivity index (χ0n) is 9.36. The normalized spacial score (nSPS) is 17.8. The second kappa shape index (κ2) is 4.49. The van der Waals surface area contributed by atoms with Crippen molar-refractivity contribution in [3.63, 3.8) is 0 Å². The number of aryl methyl sites for hydroxylation is 1. The maximum Gasteiger partial charge on any atom is 0.0691 e. The van der Waals surface area contributed by atoms with E-state index in [1.807, 2.05) is 24.4 Å². The lowest BCUT2D eigenvalue weighted by Crippen LogP contribution is -2.08. The Kier molecular flexibility index (Phi) is 2.85. The van der Waals surface area contributed by atoms with E-state index < -0.39 is 0 Å². The lowest BCUT2D eigenvalue weighted by molar-refractivity contribution is 0.745. The first-order valence-corrected chi connectivity index (χ1v) is 6.59. The molecule has 0 spiro atoms. The van der Waals surface area contributed by atoms with Crippen molar-refractivity contribution in [1.29, 1.82) is 0 Å². The molecule has 3 heteroatoms. The number of para-hydroxylation sites is 1. The second-order valence-electron chi connectivity index (χ2n) is 4.26. The first-order valence-electron chi connectivity index (χ1n) is 5.79. The van der Waals surface area contributed by atoms with Crippen LogP contribution in [0.25, 0.3) is 0 Å². The van der Waals surface area contributed by atoms with Gasteiger partial charge in [0.1, 0.15) is 0 Å². The number of nitrogens with one attached hydrogen (secondary N) is 1. The molecular weight excluding hydrogens is 276 g/mol. The second-order valence-corrected chi connectivity index (χ2v) is 5.12. The molecule has 1 heterocycles. The third-order valence-corrected chi connectivity index (χ3v) is 3.85. The number of benzene rings is 1. The molecule has 0 saturated heterocycles. The van der Waals surface area contributed by atoms with Crippen molar-refractivity contribution < 1.29 is 0 Å². The molecule has 1 N–H and O–H groups in total. The van der Waals surface area contributed by atoms with E-state index in [9.17, 15) is 0 Å². The fourth-order valence-corrected chi connectivity index (χ4v) is 2.72. The van der Waals surface area contributed by atoms with Crippen molar-refractivity contribution in [1.82, 2.24) is 4.98 Å². The molecule has 1 aromatic carbocycles. The molecule has 1 aliphatic rings. The van der Waals surface area contributed by atoms with Crippen LogP contribution in [-0.4, -0.2) is 4.98 Å². The van der Waals surface area contributed by atoms with E-state index in [4.69, 9.17) is 0 Å². The molecule has 2 nitrogen and oxygen atoms in total. The molecule has 17 heavy (non-hydrogen) atoms. The molecule has 0 amide bonds. The summed E-state index contributed by atoms with van der Waals surface area (Å²) in [4.78, 5) is 4.49. The van der Waals surface area contributed by atoms with Gasteiger partial charge in [0.2, 0.25) is 0 Å². The summed E-state index contributed by atoms with van der Waals surface area (Å²) in [7, 11) is 0. The number of aromatic nitrogens is 1. The van der Waals surface area contributed by atoms with E-state index >= 15 is 0 Å². The van der Waals surface area contributed by atoms with E-state index in [0.717, 1.165) is 23.0 Å². The minimum atomic E-state index is 0.338. The van der Waals surface area contributed by atoms with Gasteiger partial charge >= 0.3 is 0 Å². The smallest absolute Gasteiger partial charge is 0.0691 e. The molecule has 1 aromatic heterocycles. The summed E-state index contributed by atoms with van der Waals surface area (Å²) >= 11 is 3.56. The minimum Gasteiger partial charge on any atom is -0.376 e. The van der Waals surface area contributed by atoms with Gasteiger partial charge in [-0.2, -0.15) is 0 Å². The van der Waals surface area contributed by atoms with Crippen LogP contribution in [-0.2, 0) is 6.42 Å². The SMILES string of the molecule is Brc1ccccc1NC1CCc2cccnc21. The van der Waals surface area contributed by atoms with Crippen molar-refractivity contribution in [2.75, 3.05) is 5.32 Å². The van der Waals surface area contributed by atoms with Crippen LogP contribution in [0, 0.1) is 0 Å². The van der Waals surface area contributed by atoms with Gasteiger partial charge in [0.25, 0.3) is 0 Å². The molecule has 1 unspecified atom stereocenters. The number of nitrogens with zero attached hydrogens (tertiary/aromatic N) is 1. The zero-order valence-corrected chi connectivity index (χ0v) is 10.9. The number of anilines is 1. The van der Waals surface area contributed by atoms with Crippen molar-refractivity contribution >= 4 is 21.6 Å². The van der Waals surface area contributed by atoms with Crippen LogP contribution in [0.4, 0.5) is 5.69 Å². The Morgan fingerprint density at radius 2 is 2.06 bits per heavy atom. The average Bonchev–Trinajstić information content (AvgIpc) is 2.76. The Bertz CT molecular complexity index is 539. The first kappa shape index (κ1) is 10.8. The van der Waals surface area contributed by atoms with E-state index in [1.54, 1.807) is 0 Å². The molecule has 0 radical (unpaired) electrons. The number of hydrogen-bond donors (Lipinski definition) is 1. The average molecular weight is 289 g/mol. The number of pyridine rings is 1.